The Labute approximate surface area is 120 Å². The molecule has 6 atom stereocenters. The van der Waals surface area contributed by atoms with E-state index in [1.54, 1.807) is 6.92 Å². The van der Waals surface area contributed by atoms with Gasteiger partial charge in [-0.3, -0.25) is 4.79 Å². The monoisotopic (exact) mass is 289 g/mol. The highest BCUT2D eigenvalue weighted by atomic mass is 16.7. The number of carbonyl (C=O) groups is 1. The van der Waals surface area contributed by atoms with Gasteiger partial charge in [0.25, 0.3) is 0 Å². The molecule has 0 radical (unpaired) electrons. The van der Waals surface area contributed by atoms with Gasteiger partial charge in [0, 0.05) is 19.1 Å². The topological polar surface area (TPSA) is 88.0 Å². The van der Waals surface area contributed by atoms with Crippen LogP contribution >= 0.6 is 0 Å². The molecule has 1 fully saturated rings. The molecule has 1 rings (SSSR count). The fourth-order valence-corrected chi connectivity index (χ4v) is 2.34. The van der Waals surface area contributed by atoms with Crippen molar-refractivity contribution in [1.82, 2.24) is 5.32 Å². The minimum atomic E-state index is -1.25. The molecule has 0 saturated carbocycles. The zero-order valence-corrected chi connectivity index (χ0v) is 12.9. The summed E-state index contributed by atoms with van der Waals surface area (Å²) < 4.78 is 10.8. The Kier molecular flexibility index (Phi) is 6.54. The normalized spacial score (nSPS) is 36.1. The Bertz CT molecular complexity index is 321. The third-order valence-electron chi connectivity index (χ3n) is 3.74. The van der Waals surface area contributed by atoms with Gasteiger partial charge in [-0.05, 0) is 6.42 Å². The number of carbonyl (C=O) groups excluding carboxylic acids is 1. The molecule has 0 aromatic heterocycles. The standard InChI is InChI=1S/C14H27NO5/c1-6-8(4)10(16)13-12(18)11(17)9(15-7(2)3)14(19-5)20-13/h7-9,11-15,17-18H,6H2,1-5H3/t8?,9?,11-,12+,13-,14?/m1/s1. The first-order valence-electron chi connectivity index (χ1n) is 7.17. The van der Waals surface area contributed by atoms with Gasteiger partial charge in [0.1, 0.15) is 18.3 Å². The summed E-state index contributed by atoms with van der Waals surface area (Å²) >= 11 is 0. The lowest BCUT2D eigenvalue weighted by Gasteiger charge is -2.43. The van der Waals surface area contributed by atoms with Crippen molar-refractivity contribution in [2.75, 3.05) is 7.11 Å². The molecule has 0 aromatic rings. The number of hydrogen-bond acceptors (Lipinski definition) is 6. The van der Waals surface area contributed by atoms with E-state index >= 15 is 0 Å². The van der Waals surface area contributed by atoms with Crippen LogP contribution in [0, 0.1) is 5.92 Å². The maximum atomic E-state index is 12.2. The van der Waals surface area contributed by atoms with Gasteiger partial charge in [-0.25, -0.2) is 0 Å². The quantitative estimate of drug-likeness (QED) is 0.641. The van der Waals surface area contributed by atoms with Crippen molar-refractivity contribution in [2.24, 2.45) is 5.92 Å². The van der Waals surface area contributed by atoms with Crippen molar-refractivity contribution in [3.63, 3.8) is 0 Å². The zero-order valence-electron chi connectivity index (χ0n) is 12.9. The predicted octanol–water partition coefficient (Wildman–Crippen LogP) is 0.0613. The average Bonchev–Trinajstić information content (AvgIpc) is 2.42. The van der Waals surface area contributed by atoms with E-state index in [4.69, 9.17) is 9.47 Å². The minimum Gasteiger partial charge on any atom is -0.388 e. The summed E-state index contributed by atoms with van der Waals surface area (Å²) in [6.45, 7) is 7.51. The lowest BCUT2D eigenvalue weighted by atomic mass is 9.89. The highest BCUT2D eigenvalue weighted by Crippen LogP contribution is 2.25. The molecule has 1 aliphatic rings. The number of aliphatic hydroxyl groups excluding tert-OH is 2. The molecule has 118 valence electrons. The van der Waals surface area contributed by atoms with Gasteiger partial charge in [0.15, 0.2) is 12.1 Å². The smallest absolute Gasteiger partial charge is 0.176 e. The molecule has 0 aromatic carbocycles. The Morgan fingerprint density at radius 2 is 1.90 bits per heavy atom. The lowest BCUT2D eigenvalue weighted by Crippen LogP contribution is -2.65. The second kappa shape index (κ2) is 7.47. The van der Waals surface area contributed by atoms with Crippen LogP contribution in [0.25, 0.3) is 0 Å². The minimum absolute atomic E-state index is 0.0879. The van der Waals surface area contributed by atoms with Crippen molar-refractivity contribution in [2.45, 2.75) is 70.8 Å². The molecular weight excluding hydrogens is 262 g/mol. The van der Waals surface area contributed by atoms with Crippen LogP contribution in [0.4, 0.5) is 0 Å². The average molecular weight is 289 g/mol. The number of hydrogen-bond donors (Lipinski definition) is 3. The van der Waals surface area contributed by atoms with Crippen LogP contribution in [-0.4, -0.2) is 59.8 Å². The Balaban J connectivity index is 2.87. The highest BCUT2D eigenvalue weighted by molar-refractivity contribution is 5.86. The molecule has 1 aliphatic heterocycles. The van der Waals surface area contributed by atoms with E-state index in [-0.39, 0.29) is 17.7 Å². The van der Waals surface area contributed by atoms with Gasteiger partial charge in [-0.2, -0.15) is 0 Å². The third kappa shape index (κ3) is 3.77. The molecule has 1 saturated heterocycles. The molecule has 0 aliphatic carbocycles. The molecule has 0 amide bonds. The molecule has 3 unspecified atom stereocenters. The van der Waals surface area contributed by atoms with E-state index in [1.807, 2.05) is 20.8 Å². The van der Waals surface area contributed by atoms with Crippen LogP contribution in [0.2, 0.25) is 0 Å². The maximum absolute atomic E-state index is 12.2. The largest absolute Gasteiger partial charge is 0.388 e. The number of nitrogens with one attached hydrogen (secondary N) is 1. The highest BCUT2D eigenvalue weighted by Gasteiger charge is 2.48. The number of rotatable bonds is 6. The molecular formula is C14H27NO5. The molecule has 1 heterocycles. The van der Waals surface area contributed by atoms with Crippen LogP contribution in [0.1, 0.15) is 34.1 Å². The first-order valence-corrected chi connectivity index (χ1v) is 7.17. The molecule has 0 bridgehead atoms. The SMILES string of the molecule is CCC(C)C(=O)[C@H]1OC(OC)C(NC(C)C)[C@@H](O)[C@@H]1O. The van der Waals surface area contributed by atoms with Crippen molar-refractivity contribution in [3.8, 4) is 0 Å². The van der Waals surface area contributed by atoms with Crippen molar-refractivity contribution in [1.29, 1.82) is 0 Å². The van der Waals surface area contributed by atoms with Gasteiger partial charge < -0.3 is 25.0 Å². The molecule has 6 nitrogen and oxygen atoms in total. The third-order valence-corrected chi connectivity index (χ3v) is 3.74. The summed E-state index contributed by atoms with van der Waals surface area (Å²) in [4.78, 5) is 12.2. The molecule has 6 heteroatoms. The van der Waals surface area contributed by atoms with Crippen molar-refractivity contribution >= 4 is 5.78 Å². The van der Waals surface area contributed by atoms with Gasteiger partial charge in [0.05, 0.1) is 6.04 Å². The summed E-state index contributed by atoms with van der Waals surface area (Å²) in [5.41, 5.74) is 0. The van der Waals surface area contributed by atoms with E-state index in [0.29, 0.717) is 6.42 Å². The van der Waals surface area contributed by atoms with E-state index in [0.717, 1.165) is 0 Å². The number of ketones is 1. The van der Waals surface area contributed by atoms with Gasteiger partial charge >= 0.3 is 0 Å². The first kappa shape index (κ1) is 17.5. The van der Waals surface area contributed by atoms with E-state index in [9.17, 15) is 15.0 Å². The van der Waals surface area contributed by atoms with Crippen molar-refractivity contribution in [3.05, 3.63) is 0 Å². The second-order valence-corrected chi connectivity index (χ2v) is 5.70. The Morgan fingerprint density at radius 3 is 2.35 bits per heavy atom. The molecule has 3 N–H and O–H groups in total. The van der Waals surface area contributed by atoms with Crippen molar-refractivity contribution < 1.29 is 24.5 Å². The number of aliphatic hydroxyl groups is 2. The number of methoxy groups -OCH3 is 1. The Hall–Kier alpha value is -0.530. The summed E-state index contributed by atoms with van der Waals surface area (Å²) in [5, 5.41) is 23.5. The second-order valence-electron chi connectivity index (χ2n) is 5.70. The summed E-state index contributed by atoms with van der Waals surface area (Å²) in [6.07, 6.45) is -3.52. The van der Waals surface area contributed by atoms with Crippen LogP contribution < -0.4 is 5.32 Å². The fraction of sp³-hybridized carbons (Fsp3) is 0.929. The lowest BCUT2D eigenvalue weighted by molar-refractivity contribution is -0.253. The summed E-state index contributed by atoms with van der Waals surface area (Å²) in [7, 11) is 1.45. The van der Waals surface area contributed by atoms with Crippen LogP contribution in [0.3, 0.4) is 0 Å². The predicted molar refractivity (Wildman–Crippen MR) is 74.2 cm³/mol. The van der Waals surface area contributed by atoms with E-state index in [1.165, 1.54) is 7.11 Å². The van der Waals surface area contributed by atoms with E-state index in [2.05, 4.69) is 5.32 Å². The van der Waals surface area contributed by atoms with Crippen LogP contribution in [0.15, 0.2) is 0 Å². The van der Waals surface area contributed by atoms with E-state index < -0.39 is 30.6 Å². The van der Waals surface area contributed by atoms with Crippen LogP contribution in [0.5, 0.6) is 0 Å². The number of Topliss-reactive ketones (excluding diaryl/α,β-unsaturated/α-hetero) is 1. The first-order chi connectivity index (χ1) is 9.33. The fourth-order valence-electron chi connectivity index (χ4n) is 2.34. The molecule has 20 heavy (non-hydrogen) atoms. The van der Waals surface area contributed by atoms with Gasteiger partial charge in [-0.1, -0.05) is 27.7 Å². The maximum Gasteiger partial charge on any atom is 0.176 e. The number of ether oxygens (including phenoxy) is 2. The summed E-state index contributed by atoms with van der Waals surface area (Å²) in [5.74, 6) is -0.432. The van der Waals surface area contributed by atoms with Gasteiger partial charge in [0.2, 0.25) is 0 Å². The summed E-state index contributed by atoms with van der Waals surface area (Å²) in [6, 6.07) is -0.485. The van der Waals surface area contributed by atoms with Crippen LogP contribution in [-0.2, 0) is 14.3 Å². The Morgan fingerprint density at radius 1 is 1.30 bits per heavy atom. The van der Waals surface area contributed by atoms with Gasteiger partial charge in [-0.15, -0.1) is 0 Å². The molecule has 0 spiro atoms. The zero-order chi connectivity index (χ0) is 15.4.